The maximum Gasteiger partial charge on any atom is 0.258 e. The fourth-order valence-corrected chi connectivity index (χ4v) is 2.09. The molecule has 4 heteroatoms. The van der Waals surface area contributed by atoms with E-state index >= 15 is 0 Å². The molecule has 20 heavy (non-hydrogen) atoms. The monoisotopic (exact) mass is 287 g/mol. The van der Waals surface area contributed by atoms with Gasteiger partial charge in [-0.05, 0) is 43.3 Å². The number of rotatable bonds is 3. The molecule has 102 valence electrons. The summed E-state index contributed by atoms with van der Waals surface area (Å²) in [5.41, 5.74) is 1.65. The Morgan fingerprint density at radius 1 is 1.00 bits per heavy atom. The summed E-state index contributed by atoms with van der Waals surface area (Å²) in [7, 11) is 1.65. The van der Waals surface area contributed by atoms with Crippen molar-refractivity contribution in [2.45, 2.75) is 6.92 Å². The van der Waals surface area contributed by atoms with Crippen molar-refractivity contribution in [3.63, 3.8) is 0 Å². The highest BCUT2D eigenvalue weighted by Crippen LogP contribution is 2.22. The van der Waals surface area contributed by atoms with Crippen LogP contribution in [0.15, 0.2) is 48.5 Å². The Balaban J connectivity index is 2.36. The summed E-state index contributed by atoms with van der Waals surface area (Å²) >= 11 is 5.81. The Morgan fingerprint density at radius 2 is 1.60 bits per heavy atom. The standard InChI is InChI=1S/C16H14ClNO2/c1-11(19)14-5-3-4-6-15(14)18(2)16(20)12-7-9-13(17)10-8-12/h3-10H,1-2H3. The van der Waals surface area contributed by atoms with Crippen LogP contribution in [0.25, 0.3) is 0 Å². The number of ketones is 1. The molecular formula is C16H14ClNO2. The highest BCUT2D eigenvalue weighted by atomic mass is 35.5. The van der Waals surface area contributed by atoms with Crippen molar-refractivity contribution in [3.05, 3.63) is 64.7 Å². The minimum atomic E-state index is -0.185. The highest BCUT2D eigenvalue weighted by molar-refractivity contribution is 6.30. The molecule has 2 rings (SSSR count). The van der Waals surface area contributed by atoms with Crippen molar-refractivity contribution < 1.29 is 9.59 Å². The van der Waals surface area contributed by atoms with Crippen LogP contribution in [0.5, 0.6) is 0 Å². The van der Waals surface area contributed by atoms with Gasteiger partial charge in [0.1, 0.15) is 0 Å². The van der Waals surface area contributed by atoms with Crippen molar-refractivity contribution in [2.24, 2.45) is 0 Å². The molecule has 0 fully saturated rings. The van der Waals surface area contributed by atoms with Crippen LogP contribution in [0.4, 0.5) is 5.69 Å². The van der Waals surface area contributed by atoms with Gasteiger partial charge in [-0.1, -0.05) is 23.7 Å². The van der Waals surface area contributed by atoms with Crippen molar-refractivity contribution in [2.75, 3.05) is 11.9 Å². The number of amides is 1. The van der Waals surface area contributed by atoms with Gasteiger partial charge >= 0.3 is 0 Å². The lowest BCUT2D eigenvalue weighted by Crippen LogP contribution is -2.27. The van der Waals surface area contributed by atoms with Gasteiger partial charge in [0.25, 0.3) is 5.91 Å². The number of carbonyl (C=O) groups excluding carboxylic acids is 2. The van der Waals surface area contributed by atoms with Gasteiger partial charge in [0.2, 0.25) is 0 Å². The lowest BCUT2D eigenvalue weighted by atomic mass is 10.1. The molecule has 1 amide bonds. The van der Waals surface area contributed by atoms with Gasteiger partial charge in [0, 0.05) is 23.2 Å². The van der Waals surface area contributed by atoms with Crippen LogP contribution >= 0.6 is 11.6 Å². The van der Waals surface area contributed by atoms with Gasteiger partial charge in [0.05, 0.1) is 5.69 Å². The van der Waals surface area contributed by atoms with E-state index in [0.717, 1.165) is 0 Å². The van der Waals surface area contributed by atoms with Crippen LogP contribution in [0, 0.1) is 0 Å². The molecule has 0 bridgehead atoms. The molecule has 0 heterocycles. The minimum Gasteiger partial charge on any atom is -0.311 e. The number of hydrogen-bond donors (Lipinski definition) is 0. The Morgan fingerprint density at radius 3 is 2.20 bits per heavy atom. The first kappa shape index (κ1) is 14.3. The predicted molar refractivity (Wildman–Crippen MR) is 80.6 cm³/mol. The molecule has 0 aliphatic carbocycles. The molecule has 0 aliphatic rings. The van der Waals surface area contributed by atoms with Gasteiger partial charge in [-0.2, -0.15) is 0 Å². The lowest BCUT2D eigenvalue weighted by Gasteiger charge is -2.20. The van der Waals surface area contributed by atoms with Crippen LogP contribution in [0.2, 0.25) is 5.02 Å². The van der Waals surface area contributed by atoms with Crippen LogP contribution in [-0.4, -0.2) is 18.7 Å². The Kier molecular flexibility index (Phi) is 4.20. The zero-order chi connectivity index (χ0) is 14.7. The van der Waals surface area contributed by atoms with E-state index in [2.05, 4.69) is 0 Å². The summed E-state index contributed by atoms with van der Waals surface area (Å²) < 4.78 is 0. The van der Waals surface area contributed by atoms with E-state index in [1.165, 1.54) is 11.8 Å². The normalized spacial score (nSPS) is 10.2. The van der Waals surface area contributed by atoms with E-state index in [1.54, 1.807) is 55.6 Å². The quantitative estimate of drug-likeness (QED) is 0.805. The summed E-state index contributed by atoms with van der Waals surface area (Å²) in [5, 5.41) is 0.577. The second-order valence-electron chi connectivity index (χ2n) is 4.44. The molecule has 2 aromatic rings. The smallest absolute Gasteiger partial charge is 0.258 e. The molecule has 2 aromatic carbocycles. The number of hydrogen-bond acceptors (Lipinski definition) is 2. The SMILES string of the molecule is CC(=O)c1ccccc1N(C)C(=O)c1ccc(Cl)cc1. The molecule has 0 spiro atoms. The number of Topliss-reactive ketones (excluding diaryl/α,β-unsaturated/α-hetero) is 1. The van der Waals surface area contributed by atoms with E-state index in [4.69, 9.17) is 11.6 Å². The third-order valence-electron chi connectivity index (χ3n) is 3.04. The van der Waals surface area contributed by atoms with Crippen LogP contribution in [0.3, 0.4) is 0 Å². The number of nitrogens with zero attached hydrogens (tertiary/aromatic N) is 1. The van der Waals surface area contributed by atoms with Crippen LogP contribution in [-0.2, 0) is 0 Å². The average molecular weight is 288 g/mol. The molecular weight excluding hydrogens is 274 g/mol. The average Bonchev–Trinajstić information content (AvgIpc) is 2.46. The van der Waals surface area contributed by atoms with Gasteiger partial charge < -0.3 is 4.90 Å². The van der Waals surface area contributed by atoms with E-state index in [1.807, 2.05) is 0 Å². The van der Waals surface area contributed by atoms with E-state index < -0.39 is 0 Å². The number of halogens is 1. The van der Waals surface area contributed by atoms with Crippen LogP contribution in [0.1, 0.15) is 27.6 Å². The second-order valence-corrected chi connectivity index (χ2v) is 4.88. The summed E-state index contributed by atoms with van der Waals surface area (Å²) in [6.07, 6.45) is 0. The highest BCUT2D eigenvalue weighted by Gasteiger charge is 2.17. The molecule has 0 atom stereocenters. The Bertz CT molecular complexity index is 650. The molecule has 0 saturated carbocycles. The number of benzene rings is 2. The van der Waals surface area contributed by atoms with E-state index in [-0.39, 0.29) is 11.7 Å². The molecule has 0 aromatic heterocycles. The topological polar surface area (TPSA) is 37.4 Å². The Hall–Kier alpha value is -2.13. The van der Waals surface area contributed by atoms with Gasteiger partial charge in [-0.25, -0.2) is 0 Å². The first-order chi connectivity index (χ1) is 9.50. The second kappa shape index (κ2) is 5.88. The minimum absolute atomic E-state index is 0.0728. The fourth-order valence-electron chi connectivity index (χ4n) is 1.96. The third-order valence-corrected chi connectivity index (χ3v) is 3.29. The largest absolute Gasteiger partial charge is 0.311 e. The van der Waals surface area contributed by atoms with E-state index in [9.17, 15) is 9.59 Å². The molecule has 0 unspecified atom stereocenters. The molecule has 3 nitrogen and oxygen atoms in total. The van der Waals surface area contributed by atoms with Crippen molar-refractivity contribution >= 4 is 29.0 Å². The maximum atomic E-state index is 12.4. The Labute approximate surface area is 122 Å². The summed E-state index contributed by atoms with van der Waals surface area (Å²) in [6.45, 7) is 1.49. The number of carbonyl (C=O) groups is 2. The summed E-state index contributed by atoms with van der Waals surface area (Å²) in [5.74, 6) is -0.258. The first-order valence-corrected chi connectivity index (χ1v) is 6.52. The maximum absolute atomic E-state index is 12.4. The first-order valence-electron chi connectivity index (χ1n) is 6.14. The third kappa shape index (κ3) is 2.89. The number of para-hydroxylation sites is 1. The molecule has 0 aliphatic heterocycles. The zero-order valence-electron chi connectivity index (χ0n) is 11.3. The van der Waals surface area contributed by atoms with Gasteiger partial charge in [-0.15, -0.1) is 0 Å². The summed E-state index contributed by atoms with van der Waals surface area (Å²) in [4.78, 5) is 25.5. The van der Waals surface area contributed by atoms with Crippen LogP contribution < -0.4 is 4.90 Å². The van der Waals surface area contributed by atoms with Gasteiger partial charge in [0.15, 0.2) is 5.78 Å². The predicted octanol–water partition coefficient (Wildman–Crippen LogP) is 3.82. The van der Waals surface area contributed by atoms with Gasteiger partial charge in [-0.3, -0.25) is 9.59 Å². The molecule has 0 N–H and O–H groups in total. The van der Waals surface area contributed by atoms with Crippen molar-refractivity contribution in [1.82, 2.24) is 0 Å². The zero-order valence-corrected chi connectivity index (χ0v) is 12.0. The van der Waals surface area contributed by atoms with Crippen molar-refractivity contribution in [3.8, 4) is 0 Å². The van der Waals surface area contributed by atoms with E-state index in [0.29, 0.717) is 21.8 Å². The molecule has 0 saturated heterocycles. The number of anilines is 1. The summed E-state index contributed by atoms with van der Waals surface area (Å²) in [6, 6.07) is 13.7. The fraction of sp³-hybridized carbons (Fsp3) is 0.125. The van der Waals surface area contributed by atoms with Crippen molar-refractivity contribution in [1.29, 1.82) is 0 Å². The lowest BCUT2D eigenvalue weighted by molar-refractivity contribution is 0.0993. The molecule has 0 radical (unpaired) electrons.